The fourth-order valence-electron chi connectivity index (χ4n) is 5.30. The first-order valence-electron chi connectivity index (χ1n) is 14.0. The summed E-state index contributed by atoms with van der Waals surface area (Å²) >= 11 is 0. The van der Waals surface area contributed by atoms with Gasteiger partial charge in [0.25, 0.3) is 23.2 Å². The number of nitrogens with one attached hydrogen (secondary N) is 1. The molecule has 0 aliphatic heterocycles. The molecule has 0 radical (unpaired) electrons. The highest BCUT2D eigenvalue weighted by atomic mass is 16.6. The number of nitro groups is 2. The number of nitrogens with zero attached hydrogens (tertiary/aromatic N) is 3. The van der Waals surface area contributed by atoms with E-state index >= 15 is 0 Å². The van der Waals surface area contributed by atoms with Crippen LogP contribution in [-0.4, -0.2) is 40.7 Å². The molecule has 0 saturated heterocycles. The lowest BCUT2D eigenvalue weighted by Crippen LogP contribution is -2.37. The Morgan fingerprint density at radius 3 is 1.79 bits per heavy atom. The summed E-state index contributed by atoms with van der Waals surface area (Å²) in [5.74, 6) is -1.24. The maximum Gasteiger partial charge on any atom is 0.269 e. The number of amides is 3. The van der Waals surface area contributed by atoms with Gasteiger partial charge in [0, 0.05) is 41.9 Å². The Balaban J connectivity index is 1.55. The normalized spacial score (nSPS) is 17.0. The maximum atomic E-state index is 13.6. The maximum absolute atomic E-state index is 13.6. The lowest BCUT2D eigenvalue weighted by atomic mass is 9.81. The Labute approximate surface area is 248 Å². The largest absolute Gasteiger partial charge is 0.355 e. The van der Waals surface area contributed by atoms with E-state index in [0.717, 1.165) is 54.8 Å². The predicted octanol–water partition coefficient (Wildman–Crippen LogP) is 4.98. The van der Waals surface area contributed by atoms with Crippen molar-refractivity contribution in [1.29, 1.82) is 0 Å². The van der Waals surface area contributed by atoms with Gasteiger partial charge in [-0.05, 0) is 86.5 Å². The van der Waals surface area contributed by atoms with Gasteiger partial charge in [0.1, 0.15) is 0 Å². The topological polar surface area (TPSA) is 179 Å². The van der Waals surface area contributed by atoms with E-state index < -0.39 is 27.6 Å². The van der Waals surface area contributed by atoms with Gasteiger partial charge < -0.3 is 11.1 Å². The lowest BCUT2D eigenvalue weighted by Gasteiger charge is -2.28. The van der Waals surface area contributed by atoms with Crippen molar-refractivity contribution in [3.8, 4) is 0 Å². The molecule has 0 spiro atoms. The summed E-state index contributed by atoms with van der Waals surface area (Å²) in [6.45, 7) is 3.01. The quantitative estimate of drug-likeness (QED) is 0.189. The van der Waals surface area contributed by atoms with Crippen LogP contribution >= 0.6 is 0 Å². The van der Waals surface area contributed by atoms with Crippen molar-refractivity contribution in [2.24, 2.45) is 17.6 Å². The third kappa shape index (κ3) is 7.46. The molecule has 1 saturated carbocycles. The zero-order valence-corrected chi connectivity index (χ0v) is 23.7. The minimum Gasteiger partial charge on any atom is -0.355 e. The summed E-state index contributed by atoms with van der Waals surface area (Å²) in [6.07, 6.45) is 4.29. The lowest BCUT2D eigenvalue weighted by molar-refractivity contribution is -0.385. The number of carbonyl (C=O) groups is 3. The predicted molar refractivity (Wildman–Crippen MR) is 160 cm³/mol. The van der Waals surface area contributed by atoms with E-state index in [2.05, 4.69) is 5.32 Å². The van der Waals surface area contributed by atoms with Gasteiger partial charge in [0.2, 0.25) is 5.91 Å². The van der Waals surface area contributed by atoms with Crippen LogP contribution in [-0.2, 0) is 4.79 Å². The molecular formula is C31H33N5O7. The molecule has 3 aromatic carbocycles. The monoisotopic (exact) mass is 587 g/mol. The minimum absolute atomic E-state index is 0.0253. The molecule has 1 aliphatic rings. The number of benzene rings is 3. The Kier molecular flexibility index (Phi) is 9.94. The molecule has 12 nitrogen and oxygen atoms in total. The van der Waals surface area contributed by atoms with Gasteiger partial charge in [0.05, 0.1) is 21.5 Å². The van der Waals surface area contributed by atoms with Crippen molar-refractivity contribution in [3.63, 3.8) is 0 Å². The number of hydrogen-bond acceptors (Lipinski definition) is 8. The van der Waals surface area contributed by atoms with E-state index in [9.17, 15) is 34.6 Å². The number of hydrogen-bond donors (Lipinski definition) is 2. The Hall–Kier alpha value is -4.97. The number of imide groups is 1. The van der Waals surface area contributed by atoms with Gasteiger partial charge in [-0.2, -0.15) is 0 Å². The zero-order chi connectivity index (χ0) is 31.1. The first-order valence-corrected chi connectivity index (χ1v) is 14.0. The average molecular weight is 588 g/mol. The number of rotatable bonds is 10. The molecule has 3 N–H and O–H groups in total. The first-order chi connectivity index (χ1) is 20.6. The highest BCUT2D eigenvalue weighted by molar-refractivity contribution is 6.25. The molecule has 3 unspecified atom stereocenters. The van der Waals surface area contributed by atoms with Crippen molar-refractivity contribution in [1.82, 2.24) is 5.32 Å². The van der Waals surface area contributed by atoms with Gasteiger partial charge in [-0.25, -0.2) is 4.90 Å². The minimum atomic E-state index is -0.750. The first kappa shape index (κ1) is 31.0. The van der Waals surface area contributed by atoms with E-state index in [1.165, 1.54) is 24.3 Å². The summed E-state index contributed by atoms with van der Waals surface area (Å²) in [5.41, 5.74) is 6.32. The molecule has 0 bridgehead atoms. The molecular weight excluding hydrogens is 554 g/mol. The van der Waals surface area contributed by atoms with E-state index in [-0.39, 0.29) is 34.1 Å². The Morgan fingerprint density at radius 1 is 0.837 bits per heavy atom. The van der Waals surface area contributed by atoms with Crippen LogP contribution in [0.15, 0.2) is 72.8 Å². The van der Waals surface area contributed by atoms with Gasteiger partial charge >= 0.3 is 0 Å². The molecule has 3 aromatic rings. The van der Waals surface area contributed by atoms with Crippen LogP contribution in [0, 0.1) is 32.1 Å². The second kappa shape index (κ2) is 13.8. The SMILES string of the molecule is CC(C(=O)NCC1CCCC(CN)C1)c1ccc(N(C(=O)c2ccc([N+](=O)[O-])cc2)C(=O)c2ccc([N+](=O)[O-])cc2)cc1. The summed E-state index contributed by atoms with van der Waals surface area (Å²) in [5, 5.41) is 25.2. The smallest absolute Gasteiger partial charge is 0.269 e. The highest BCUT2D eigenvalue weighted by Gasteiger charge is 2.28. The number of non-ortho nitro benzene ring substituents is 2. The van der Waals surface area contributed by atoms with Crippen LogP contribution in [0.5, 0.6) is 0 Å². The Bertz CT molecular complexity index is 1420. The standard InChI is InChI=1S/C31H33N5O7/c1-20(29(37)33-19-22-4-2-3-21(17-22)18-32)23-5-11-26(12-6-23)34(30(38)24-7-13-27(14-8-24)35(40)41)31(39)25-9-15-28(16-10-25)36(42)43/h5-16,20-22H,2-4,17-19,32H2,1H3,(H,33,37). The van der Waals surface area contributed by atoms with Crippen molar-refractivity contribution in [3.05, 3.63) is 110 Å². The van der Waals surface area contributed by atoms with E-state index in [1.807, 2.05) is 0 Å². The second-order valence-electron chi connectivity index (χ2n) is 10.7. The molecule has 1 aliphatic carbocycles. The van der Waals surface area contributed by atoms with E-state index in [1.54, 1.807) is 31.2 Å². The van der Waals surface area contributed by atoms with Crippen LogP contribution < -0.4 is 16.0 Å². The van der Waals surface area contributed by atoms with Crippen LogP contribution in [0.3, 0.4) is 0 Å². The molecule has 0 heterocycles. The number of carbonyl (C=O) groups excluding carboxylic acids is 3. The third-order valence-corrected chi connectivity index (χ3v) is 7.89. The fourth-order valence-corrected chi connectivity index (χ4v) is 5.30. The van der Waals surface area contributed by atoms with Crippen LogP contribution in [0.4, 0.5) is 17.1 Å². The highest BCUT2D eigenvalue weighted by Crippen LogP contribution is 2.29. The second-order valence-corrected chi connectivity index (χ2v) is 10.7. The van der Waals surface area contributed by atoms with Crippen LogP contribution in [0.25, 0.3) is 0 Å². The van der Waals surface area contributed by atoms with Gasteiger partial charge in [-0.1, -0.05) is 18.6 Å². The summed E-state index contributed by atoms with van der Waals surface area (Å²) in [4.78, 5) is 61.9. The van der Waals surface area contributed by atoms with Gasteiger partial charge in [0.15, 0.2) is 0 Å². The van der Waals surface area contributed by atoms with Crippen molar-refractivity contribution >= 4 is 34.8 Å². The van der Waals surface area contributed by atoms with Crippen LogP contribution in [0.2, 0.25) is 0 Å². The summed E-state index contributed by atoms with van der Waals surface area (Å²) in [7, 11) is 0. The molecule has 12 heteroatoms. The molecule has 43 heavy (non-hydrogen) atoms. The summed E-state index contributed by atoms with van der Waals surface area (Å²) in [6, 6.07) is 16.0. The van der Waals surface area contributed by atoms with Crippen molar-refractivity contribution in [2.75, 3.05) is 18.0 Å². The summed E-state index contributed by atoms with van der Waals surface area (Å²) < 4.78 is 0. The van der Waals surface area contributed by atoms with Gasteiger partial charge in [-0.15, -0.1) is 0 Å². The van der Waals surface area contributed by atoms with E-state index in [4.69, 9.17) is 5.73 Å². The van der Waals surface area contributed by atoms with Crippen molar-refractivity contribution < 1.29 is 24.2 Å². The number of nitro benzene ring substituents is 2. The molecule has 3 amide bonds. The molecule has 1 fully saturated rings. The van der Waals surface area contributed by atoms with Crippen molar-refractivity contribution in [2.45, 2.75) is 38.5 Å². The number of anilines is 1. The fraction of sp³-hybridized carbons (Fsp3) is 0.323. The van der Waals surface area contributed by atoms with E-state index in [0.29, 0.717) is 30.5 Å². The van der Waals surface area contributed by atoms with Gasteiger partial charge in [-0.3, -0.25) is 34.6 Å². The Morgan fingerprint density at radius 2 is 1.33 bits per heavy atom. The molecule has 4 rings (SSSR count). The molecule has 3 atom stereocenters. The molecule has 224 valence electrons. The zero-order valence-electron chi connectivity index (χ0n) is 23.7. The average Bonchev–Trinajstić information content (AvgIpc) is 3.03. The number of nitrogens with two attached hydrogens (primary N) is 1. The van der Waals surface area contributed by atoms with Crippen LogP contribution in [0.1, 0.15) is 64.8 Å². The third-order valence-electron chi connectivity index (χ3n) is 7.89. The molecule has 0 aromatic heterocycles.